The van der Waals surface area contributed by atoms with E-state index in [1.807, 2.05) is 0 Å². The minimum absolute atomic E-state index is 0.00783. The Hall–Kier alpha value is -1.70. The molecule has 0 spiro atoms. The van der Waals surface area contributed by atoms with E-state index in [1.165, 1.54) is 0 Å². The van der Waals surface area contributed by atoms with E-state index in [2.05, 4.69) is 4.98 Å². The molecule has 1 amide bonds. The Bertz CT molecular complexity index is 876. The highest BCUT2D eigenvalue weighted by Crippen LogP contribution is 2.59. The van der Waals surface area contributed by atoms with Crippen molar-refractivity contribution in [1.29, 1.82) is 0 Å². The quantitative estimate of drug-likeness (QED) is 0.608. The number of ether oxygens (including phenoxy) is 1. The number of hydrogen-bond donors (Lipinski definition) is 0. The lowest BCUT2D eigenvalue weighted by molar-refractivity contribution is -0.144. The van der Waals surface area contributed by atoms with Gasteiger partial charge < -0.3 is 9.64 Å². The predicted molar refractivity (Wildman–Crippen MR) is 109 cm³/mol. The van der Waals surface area contributed by atoms with Gasteiger partial charge in [0, 0.05) is 38.0 Å². The summed E-state index contributed by atoms with van der Waals surface area (Å²) in [5, 5.41) is 0. The van der Waals surface area contributed by atoms with Crippen molar-refractivity contribution in [2.45, 2.75) is 70.3 Å². The van der Waals surface area contributed by atoms with Crippen LogP contribution in [0.15, 0.2) is 12.3 Å². The number of carbonyl (C=O) groups excluding carboxylic acids is 1. The smallest absolute Gasteiger partial charge is 0.378 e. The summed E-state index contributed by atoms with van der Waals surface area (Å²) in [6.07, 6.45) is 2.14. The Morgan fingerprint density at radius 2 is 2.16 bits per heavy atom. The highest BCUT2D eigenvalue weighted by Gasteiger charge is 2.56. The number of rotatable bonds is 3. The maximum absolute atomic E-state index is 14.3. The molecule has 5 rings (SSSR count). The van der Waals surface area contributed by atoms with Crippen molar-refractivity contribution in [2.75, 3.05) is 19.8 Å². The van der Waals surface area contributed by atoms with Crippen LogP contribution in [0.25, 0.3) is 0 Å². The van der Waals surface area contributed by atoms with Gasteiger partial charge in [-0.05, 0) is 67.9 Å². The summed E-state index contributed by atoms with van der Waals surface area (Å²) in [7, 11) is 0. The van der Waals surface area contributed by atoms with Gasteiger partial charge in [-0.3, -0.25) is 9.78 Å². The maximum atomic E-state index is 14.3. The van der Waals surface area contributed by atoms with Crippen LogP contribution in [0.2, 0.25) is 0 Å². The van der Waals surface area contributed by atoms with Gasteiger partial charge in [0.25, 0.3) is 0 Å². The summed E-state index contributed by atoms with van der Waals surface area (Å²) in [5.41, 5.74) is -0.0304. The molecule has 32 heavy (non-hydrogen) atoms. The Labute approximate surface area is 185 Å². The summed E-state index contributed by atoms with van der Waals surface area (Å²) in [6, 6.07) is 1.15. The molecule has 0 unspecified atom stereocenters. The zero-order chi connectivity index (χ0) is 22.5. The fraction of sp³-hybridized carbons (Fsp3) is 0.750. The summed E-state index contributed by atoms with van der Waals surface area (Å²) in [6.45, 7) is 1.46. The average molecular weight is 455 g/mol. The molecule has 176 valence electrons. The van der Waals surface area contributed by atoms with Gasteiger partial charge in [0.2, 0.25) is 5.91 Å². The molecule has 2 aliphatic carbocycles. The van der Waals surface area contributed by atoms with E-state index in [1.54, 1.807) is 4.90 Å². The molecule has 3 heterocycles. The van der Waals surface area contributed by atoms with Crippen molar-refractivity contribution >= 4 is 5.91 Å². The van der Waals surface area contributed by atoms with Crippen molar-refractivity contribution < 1.29 is 27.1 Å². The lowest BCUT2D eigenvalue weighted by atomic mass is 9.77. The molecule has 3 fully saturated rings. The first-order valence-electron chi connectivity index (χ1n) is 11.8. The molecule has 4 aliphatic rings. The number of halogens is 4. The summed E-state index contributed by atoms with van der Waals surface area (Å²) in [5.74, 6) is 0.739. The van der Waals surface area contributed by atoms with Crippen molar-refractivity contribution in [3.05, 3.63) is 29.1 Å². The second-order valence-electron chi connectivity index (χ2n) is 10.2. The first kappa shape index (κ1) is 22.1. The Balaban J connectivity index is 1.31. The maximum Gasteiger partial charge on any atom is 0.417 e. The van der Waals surface area contributed by atoms with Gasteiger partial charge in [-0.2, -0.15) is 13.2 Å². The van der Waals surface area contributed by atoms with Gasteiger partial charge in [-0.1, -0.05) is 6.42 Å². The van der Waals surface area contributed by atoms with Crippen LogP contribution in [0.1, 0.15) is 61.8 Å². The van der Waals surface area contributed by atoms with Crippen LogP contribution < -0.4 is 0 Å². The van der Waals surface area contributed by atoms with E-state index in [-0.39, 0.29) is 25.0 Å². The molecule has 1 aromatic heterocycles. The average Bonchev–Trinajstić information content (AvgIpc) is 3.31. The summed E-state index contributed by atoms with van der Waals surface area (Å²) in [4.78, 5) is 19.6. The summed E-state index contributed by atoms with van der Waals surface area (Å²) >= 11 is 0. The van der Waals surface area contributed by atoms with Gasteiger partial charge in [0.1, 0.15) is 6.17 Å². The second-order valence-corrected chi connectivity index (χ2v) is 10.2. The molecule has 1 aromatic rings. The topological polar surface area (TPSA) is 42.4 Å². The van der Waals surface area contributed by atoms with Crippen molar-refractivity contribution in [1.82, 2.24) is 9.88 Å². The molecule has 0 aromatic carbocycles. The minimum Gasteiger partial charge on any atom is -0.378 e. The molecule has 4 nitrogen and oxygen atoms in total. The minimum atomic E-state index is -4.44. The molecule has 1 saturated heterocycles. The van der Waals surface area contributed by atoms with Crippen molar-refractivity contribution in [3.63, 3.8) is 0 Å². The monoisotopic (exact) mass is 454 g/mol. The van der Waals surface area contributed by atoms with Crippen LogP contribution in [0, 0.1) is 23.2 Å². The predicted octanol–water partition coefficient (Wildman–Crippen LogP) is 4.95. The van der Waals surface area contributed by atoms with Gasteiger partial charge in [0.15, 0.2) is 0 Å². The molecule has 5 atom stereocenters. The number of amides is 1. The number of pyridine rings is 1. The SMILES string of the molecule is O=C(N1CCc2ncc(C(F)(F)F)cc2C1)[C@@]12CCC[C@@H]1C[C@@H](C[C@H]1CCOC[C@H]1F)C2. The molecular formula is C24H30F4N2O2. The lowest BCUT2D eigenvalue weighted by Crippen LogP contribution is -2.46. The van der Waals surface area contributed by atoms with Crippen LogP contribution in [-0.4, -0.2) is 41.7 Å². The molecule has 0 N–H and O–H groups in total. The van der Waals surface area contributed by atoms with Crippen LogP contribution in [0.3, 0.4) is 0 Å². The van der Waals surface area contributed by atoms with Crippen LogP contribution in [0.4, 0.5) is 17.6 Å². The molecule has 8 heteroatoms. The van der Waals surface area contributed by atoms with E-state index < -0.39 is 23.3 Å². The van der Waals surface area contributed by atoms with E-state index in [0.29, 0.717) is 42.7 Å². The Morgan fingerprint density at radius 1 is 1.31 bits per heavy atom. The molecule has 2 saturated carbocycles. The van der Waals surface area contributed by atoms with E-state index in [9.17, 15) is 22.4 Å². The largest absolute Gasteiger partial charge is 0.417 e. The fourth-order valence-electron chi connectivity index (χ4n) is 6.82. The van der Waals surface area contributed by atoms with Gasteiger partial charge in [-0.15, -0.1) is 0 Å². The van der Waals surface area contributed by atoms with E-state index in [0.717, 1.165) is 57.2 Å². The van der Waals surface area contributed by atoms with Crippen LogP contribution in [0.5, 0.6) is 0 Å². The standard InChI is InChI=1S/C24H30F4N2O2/c25-20-14-32-7-4-16(20)8-15-9-18-2-1-5-23(18,11-15)22(31)30-6-3-21-17(13-30)10-19(12-29-21)24(26,27)28/h10,12,15-16,18,20H,1-9,11,13-14H2/t15-,16-,18-,20-,23-/m1/s1. The van der Waals surface area contributed by atoms with E-state index in [4.69, 9.17) is 4.74 Å². The third-order valence-corrected chi connectivity index (χ3v) is 8.37. The molecule has 2 aliphatic heterocycles. The number of aromatic nitrogens is 1. The van der Waals surface area contributed by atoms with Crippen LogP contribution in [-0.2, 0) is 28.7 Å². The zero-order valence-electron chi connectivity index (χ0n) is 18.2. The number of hydrogen-bond acceptors (Lipinski definition) is 3. The van der Waals surface area contributed by atoms with Gasteiger partial charge in [-0.25, -0.2) is 4.39 Å². The van der Waals surface area contributed by atoms with E-state index >= 15 is 0 Å². The molecule has 0 bridgehead atoms. The van der Waals surface area contributed by atoms with Gasteiger partial charge >= 0.3 is 6.18 Å². The molecular weight excluding hydrogens is 424 g/mol. The Kier molecular flexibility index (Phi) is 5.71. The normalized spacial score (nSPS) is 34.9. The van der Waals surface area contributed by atoms with Crippen molar-refractivity contribution in [3.8, 4) is 0 Å². The number of alkyl halides is 4. The summed E-state index contributed by atoms with van der Waals surface area (Å²) < 4.78 is 59.0. The first-order chi connectivity index (χ1) is 15.3. The highest BCUT2D eigenvalue weighted by atomic mass is 19.4. The lowest BCUT2D eigenvalue weighted by Gasteiger charge is -2.37. The van der Waals surface area contributed by atoms with Gasteiger partial charge in [0.05, 0.1) is 17.6 Å². The number of fused-ring (bicyclic) bond motifs is 2. The third-order valence-electron chi connectivity index (χ3n) is 8.37. The third kappa shape index (κ3) is 3.93. The number of nitrogens with zero attached hydrogens (tertiary/aromatic N) is 2. The number of carbonyl (C=O) groups is 1. The van der Waals surface area contributed by atoms with Crippen LogP contribution >= 0.6 is 0 Å². The Morgan fingerprint density at radius 3 is 2.94 bits per heavy atom. The fourth-order valence-corrected chi connectivity index (χ4v) is 6.82. The first-order valence-corrected chi connectivity index (χ1v) is 11.8. The molecule has 0 radical (unpaired) electrons. The van der Waals surface area contributed by atoms with Crippen molar-refractivity contribution in [2.24, 2.45) is 23.2 Å². The second kappa shape index (κ2) is 8.26. The highest BCUT2D eigenvalue weighted by molar-refractivity contribution is 5.84. The zero-order valence-corrected chi connectivity index (χ0v) is 18.2.